The Hall–Kier alpha value is -4.21. The quantitative estimate of drug-likeness (QED) is 0.538. The number of methoxy groups -OCH3 is 2. The zero-order chi connectivity index (χ0) is 24.7. The number of hydrogen-bond acceptors (Lipinski definition) is 6. The lowest BCUT2D eigenvalue weighted by molar-refractivity contribution is -0.713. The van der Waals surface area contributed by atoms with Crippen molar-refractivity contribution in [2.75, 3.05) is 33.2 Å². The van der Waals surface area contributed by atoms with Crippen LogP contribution in [0.5, 0.6) is 11.5 Å². The Morgan fingerprint density at radius 3 is 2.69 bits per heavy atom. The number of aliphatic hydroxyl groups excluding tert-OH is 1. The molecule has 0 fully saturated rings. The van der Waals surface area contributed by atoms with Crippen molar-refractivity contribution in [3.8, 4) is 11.5 Å². The van der Waals surface area contributed by atoms with Crippen LogP contribution in [0.25, 0.3) is 10.9 Å². The molecule has 1 atom stereocenters. The van der Waals surface area contributed by atoms with Crippen molar-refractivity contribution >= 4 is 34.5 Å². The summed E-state index contributed by atoms with van der Waals surface area (Å²) in [6.07, 6.45) is 5.34. The molecule has 2 aromatic carbocycles. The van der Waals surface area contributed by atoms with Crippen LogP contribution in [0.3, 0.4) is 0 Å². The first-order valence-corrected chi connectivity index (χ1v) is 11.0. The second-order valence-corrected chi connectivity index (χ2v) is 8.43. The van der Waals surface area contributed by atoms with Crippen LogP contribution in [0.4, 0.5) is 5.69 Å². The molecule has 0 saturated carbocycles. The summed E-state index contributed by atoms with van der Waals surface area (Å²) in [5.41, 5.74) is 4.11. The number of fused-ring (bicyclic) bond motifs is 2. The maximum absolute atomic E-state index is 13.2. The Morgan fingerprint density at radius 1 is 1.14 bits per heavy atom. The van der Waals surface area contributed by atoms with Gasteiger partial charge in [0.15, 0.2) is 5.70 Å². The normalized spacial score (nSPS) is 18.6. The molecular weight excluding hydrogens is 446 g/mol. The first-order valence-electron chi connectivity index (χ1n) is 11.0. The highest BCUT2D eigenvalue weighted by Crippen LogP contribution is 2.35. The maximum atomic E-state index is 13.2. The molecular formula is C26H26N5O4+. The molecule has 35 heavy (non-hydrogen) atoms. The van der Waals surface area contributed by atoms with E-state index in [0.717, 1.165) is 28.0 Å². The number of anilines is 1. The Labute approximate surface area is 202 Å². The first kappa shape index (κ1) is 22.6. The summed E-state index contributed by atoms with van der Waals surface area (Å²) in [5, 5.41) is 13.6. The fourth-order valence-electron chi connectivity index (χ4n) is 4.60. The van der Waals surface area contributed by atoms with Gasteiger partial charge < -0.3 is 24.5 Å². The van der Waals surface area contributed by atoms with Gasteiger partial charge in [-0.3, -0.25) is 9.79 Å². The predicted octanol–water partition coefficient (Wildman–Crippen LogP) is 3.41. The summed E-state index contributed by atoms with van der Waals surface area (Å²) in [6, 6.07) is 13.0. The zero-order valence-corrected chi connectivity index (χ0v) is 19.9. The lowest BCUT2D eigenvalue weighted by Crippen LogP contribution is -2.43. The van der Waals surface area contributed by atoms with Crippen LogP contribution in [0, 0.1) is 0 Å². The van der Waals surface area contributed by atoms with Gasteiger partial charge in [0, 0.05) is 12.4 Å². The Kier molecular flexibility index (Phi) is 5.50. The molecule has 5 rings (SSSR count). The van der Waals surface area contributed by atoms with E-state index in [-0.39, 0.29) is 17.0 Å². The van der Waals surface area contributed by atoms with Gasteiger partial charge in [0.25, 0.3) is 5.91 Å². The third kappa shape index (κ3) is 3.52. The number of allylic oxidation sites excluding steroid dienone is 1. The number of nitrogens with one attached hydrogen (secondary N) is 1. The standard InChI is InChI=1S/C26H25N5O4/c1-30-20-6-5-7-23(34-3)17(20)13-21(30)26(33)29-18-9-8-16(12-24(18)35-4)25-28-19(15-32)22-14-27-10-11-31(22,25)2/h5-14,32H,15H2,1-4H3/p+1. The number of rotatable bonds is 6. The van der Waals surface area contributed by atoms with E-state index in [9.17, 15) is 9.90 Å². The molecule has 1 amide bonds. The molecule has 9 nitrogen and oxygen atoms in total. The number of aliphatic imine (C=N–C) groups is 2. The molecule has 1 unspecified atom stereocenters. The highest BCUT2D eigenvalue weighted by molar-refractivity contribution is 6.08. The SMILES string of the molecule is COc1cc(C2=NC(CO)=C3C=NC=C[N+]23C)ccc1NC(=O)c1cc2c(OC)cccc2n1C. The molecule has 2 N–H and O–H groups in total. The molecule has 0 saturated heterocycles. The number of ether oxygens (including phenoxy) is 2. The minimum Gasteiger partial charge on any atom is -0.496 e. The highest BCUT2D eigenvalue weighted by atomic mass is 16.5. The Balaban J connectivity index is 1.47. The van der Waals surface area contributed by atoms with E-state index in [4.69, 9.17) is 9.47 Å². The number of nitrogens with zero attached hydrogens (tertiary/aromatic N) is 4. The third-order valence-electron chi connectivity index (χ3n) is 6.48. The van der Waals surface area contributed by atoms with Crippen LogP contribution >= 0.6 is 0 Å². The predicted molar refractivity (Wildman–Crippen MR) is 135 cm³/mol. The number of amides is 1. The summed E-state index contributed by atoms with van der Waals surface area (Å²) < 4.78 is 13.2. The van der Waals surface area contributed by atoms with Crippen LogP contribution < -0.4 is 14.8 Å². The second-order valence-electron chi connectivity index (χ2n) is 8.43. The number of quaternary nitrogens is 1. The lowest BCUT2D eigenvalue weighted by Gasteiger charge is -2.28. The van der Waals surface area contributed by atoms with Crippen molar-refractivity contribution in [1.82, 2.24) is 4.57 Å². The lowest BCUT2D eigenvalue weighted by atomic mass is 10.1. The smallest absolute Gasteiger partial charge is 0.272 e. The fraction of sp³-hybridized carbons (Fsp3) is 0.192. The number of hydrogen-bond donors (Lipinski definition) is 2. The molecule has 0 bridgehead atoms. The van der Waals surface area contributed by atoms with Crippen LogP contribution in [0.15, 0.2) is 76.2 Å². The average molecular weight is 473 g/mol. The number of aryl methyl sites for hydroxylation is 1. The number of carbonyl (C=O) groups excluding carboxylic acids is 1. The molecule has 178 valence electrons. The van der Waals surface area contributed by atoms with Gasteiger partial charge in [-0.05, 0) is 36.4 Å². The van der Waals surface area contributed by atoms with E-state index in [1.54, 1.807) is 32.7 Å². The Bertz CT molecular complexity index is 1480. The zero-order valence-electron chi connectivity index (χ0n) is 19.9. The van der Waals surface area contributed by atoms with Gasteiger partial charge in [-0.25, -0.2) is 4.48 Å². The van der Waals surface area contributed by atoms with E-state index in [0.29, 0.717) is 28.6 Å². The van der Waals surface area contributed by atoms with E-state index in [1.165, 1.54) is 0 Å². The van der Waals surface area contributed by atoms with E-state index in [2.05, 4.69) is 15.3 Å². The van der Waals surface area contributed by atoms with Crippen molar-refractivity contribution in [2.45, 2.75) is 0 Å². The van der Waals surface area contributed by atoms with Crippen LogP contribution in [0.1, 0.15) is 16.1 Å². The summed E-state index contributed by atoms with van der Waals surface area (Å²) in [6.45, 7) is -0.187. The number of carbonyl (C=O) groups is 1. The van der Waals surface area contributed by atoms with Gasteiger partial charge in [0.1, 0.15) is 29.1 Å². The molecule has 2 aliphatic rings. The maximum Gasteiger partial charge on any atom is 0.272 e. The average Bonchev–Trinajstić information content (AvgIpc) is 3.38. The molecule has 1 aromatic heterocycles. The van der Waals surface area contributed by atoms with Crippen molar-refractivity contribution in [1.29, 1.82) is 0 Å². The fourth-order valence-corrected chi connectivity index (χ4v) is 4.60. The molecule has 2 aliphatic heterocycles. The molecule has 0 aliphatic carbocycles. The van der Waals surface area contributed by atoms with Gasteiger partial charge in [-0.1, -0.05) is 6.07 Å². The molecule has 3 heterocycles. The van der Waals surface area contributed by atoms with Gasteiger partial charge in [-0.15, -0.1) is 0 Å². The van der Waals surface area contributed by atoms with Gasteiger partial charge in [-0.2, -0.15) is 4.99 Å². The molecule has 3 aromatic rings. The second kappa shape index (κ2) is 8.53. The molecule has 0 spiro atoms. The van der Waals surface area contributed by atoms with E-state index < -0.39 is 0 Å². The number of benzene rings is 2. The van der Waals surface area contributed by atoms with Crippen molar-refractivity contribution in [2.24, 2.45) is 17.0 Å². The largest absolute Gasteiger partial charge is 0.496 e. The topological polar surface area (TPSA) is 97.4 Å². The third-order valence-corrected chi connectivity index (χ3v) is 6.48. The van der Waals surface area contributed by atoms with Crippen LogP contribution in [-0.4, -0.2) is 60.0 Å². The minimum absolute atomic E-state index is 0.187. The first-order chi connectivity index (χ1) is 16.9. The minimum atomic E-state index is -0.268. The number of aromatic nitrogens is 1. The summed E-state index contributed by atoms with van der Waals surface area (Å²) in [5.74, 6) is 1.66. The summed E-state index contributed by atoms with van der Waals surface area (Å²) >= 11 is 0. The Morgan fingerprint density at radius 2 is 1.94 bits per heavy atom. The van der Waals surface area contributed by atoms with Crippen molar-refractivity contribution < 1.29 is 23.9 Å². The van der Waals surface area contributed by atoms with Gasteiger partial charge in [0.2, 0.25) is 5.84 Å². The molecule has 9 heteroatoms. The summed E-state index contributed by atoms with van der Waals surface area (Å²) in [4.78, 5) is 22.1. The summed E-state index contributed by atoms with van der Waals surface area (Å²) in [7, 11) is 6.99. The van der Waals surface area contributed by atoms with Crippen molar-refractivity contribution in [3.05, 3.63) is 77.5 Å². The number of amidine groups is 1. The van der Waals surface area contributed by atoms with Crippen molar-refractivity contribution in [3.63, 3.8) is 0 Å². The van der Waals surface area contributed by atoms with Gasteiger partial charge in [0.05, 0.1) is 57.1 Å². The van der Waals surface area contributed by atoms with Crippen LogP contribution in [0.2, 0.25) is 0 Å². The van der Waals surface area contributed by atoms with E-state index in [1.807, 2.05) is 61.3 Å². The highest BCUT2D eigenvalue weighted by Gasteiger charge is 2.42. The monoisotopic (exact) mass is 472 g/mol. The molecule has 0 radical (unpaired) electrons. The van der Waals surface area contributed by atoms with Gasteiger partial charge >= 0.3 is 0 Å². The van der Waals surface area contributed by atoms with Crippen LogP contribution in [-0.2, 0) is 7.05 Å². The number of aliphatic hydroxyl groups is 1. The van der Waals surface area contributed by atoms with E-state index >= 15 is 0 Å².